The van der Waals surface area contributed by atoms with Gasteiger partial charge in [0, 0.05) is 5.41 Å². The highest BCUT2D eigenvalue weighted by Gasteiger charge is 2.29. The molecule has 0 bridgehead atoms. The molecule has 2 atom stereocenters. The molecule has 0 aromatic heterocycles. The number of phenols is 2. The molecule has 0 spiro atoms. The molecule has 0 aliphatic rings. The van der Waals surface area contributed by atoms with Crippen LogP contribution in [0.5, 0.6) is 11.5 Å². The molecule has 2 unspecified atom stereocenters. The molecule has 0 aliphatic heterocycles. The van der Waals surface area contributed by atoms with Gasteiger partial charge in [-0.2, -0.15) is 0 Å². The van der Waals surface area contributed by atoms with Gasteiger partial charge in [-0.25, -0.2) is 0 Å². The van der Waals surface area contributed by atoms with Gasteiger partial charge in [-0.1, -0.05) is 232 Å². The third-order valence-electron chi connectivity index (χ3n) is 12.1. The minimum Gasteiger partial charge on any atom is -0.508 e. The molecule has 2 N–H and O–H groups in total. The minimum atomic E-state index is -0.575. The van der Waals surface area contributed by atoms with E-state index in [9.17, 15) is 19.8 Å². The number of hydrogen-bond acceptors (Lipinski definition) is 6. The van der Waals surface area contributed by atoms with E-state index in [0.717, 1.165) is 36.8 Å². The Bertz CT molecular complexity index is 1200. The maximum absolute atomic E-state index is 13.6. The van der Waals surface area contributed by atoms with E-state index in [1.54, 1.807) is 24.3 Å². The van der Waals surface area contributed by atoms with Crippen LogP contribution < -0.4 is 0 Å². The Kier molecular flexibility index (Phi) is 29.7. The van der Waals surface area contributed by atoms with Crippen molar-refractivity contribution >= 4 is 11.9 Å². The van der Waals surface area contributed by atoms with Crippen LogP contribution in [0.25, 0.3) is 0 Å². The Morgan fingerprint density at radius 3 is 0.915 bits per heavy atom. The van der Waals surface area contributed by atoms with Crippen molar-refractivity contribution in [3.63, 3.8) is 0 Å². The normalized spacial score (nSPS) is 12.7. The summed E-state index contributed by atoms with van der Waals surface area (Å²) in [5.74, 6) is -1.01. The molecule has 0 saturated heterocycles. The number of rotatable bonds is 38. The van der Waals surface area contributed by atoms with Gasteiger partial charge in [0.15, 0.2) is 0 Å². The predicted octanol–water partition coefficient (Wildman–Crippen LogP) is 15.8. The summed E-state index contributed by atoms with van der Waals surface area (Å²) in [5.41, 5.74) is 1.13. The zero-order valence-electron chi connectivity index (χ0n) is 38.4. The van der Waals surface area contributed by atoms with Crippen LogP contribution in [0.15, 0.2) is 48.5 Å². The summed E-state index contributed by atoms with van der Waals surface area (Å²) in [4.78, 5) is 27.2. The van der Waals surface area contributed by atoms with Crippen LogP contribution in [0.3, 0.4) is 0 Å². The third-order valence-corrected chi connectivity index (χ3v) is 12.1. The number of phenolic OH excluding ortho intramolecular Hbond substituents is 2. The number of esters is 2. The van der Waals surface area contributed by atoms with Crippen LogP contribution >= 0.6 is 0 Å². The molecule has 6 nitrogen and oxygen atoms in total. The van der Waals surface area contributed by atoms with E-state index in [-0.39, 0.29) is 36.7 Å². The number of ether oxygens (including phenoxy) is 2. The molecule has 0 heterocycles. The Morgan fingerprint density at radius 1 is 0.424 bits per heavy atom. The molecule has 2 aromatic carbocycles. The van der Waals surface area contributed by atoms with E-state index in [4.69, 9.17) is 9.47 Å². The fraction of sp³-hybridized carbons (Fsp3) is 0.736. The molecule has 2 rings (SSSR count). The van der Waals surface area contributed by atoms with Gasteiger partial charge in [-0.05, 0) is 48.2 Å². The lowest BCUT2D eigenvalue weighted by Crippen LogP contribution is -2.31. The van der Waals surface area contributed by atoms with Crippen molar-refractivity contribution in [1.29, 1.82) is 0 Å². The van der Waals surface area contributed by atoms with Gasteiger partial charge in [0.25, 0.3) is 0 Å². The van der Waals surface area contributed by atoms with Crippen molar-refractivity contribution in [1.82, 2.24) is 0 Å². The second kappa shape index (κ2) is 33.7. The average molecular weight is 821 g/mol. The lowest BCUT2D eigenvalue weighted by atomic mass is 9.91. The number of unbranched alkanes of at least 4 members (excludes halogenated alkanes) is 26. The largest absolute Gasteiger partial charge is 0.508 e. The van der Waals surface area contributed by atoms with Crippen LogP contribution in [-0.2, 0) is 19.1 Å². The van der Waals surface area contributed by atoms with Crippen molar-refractivity contribution in [2.45, 2.75) is 232 Å². The molecule has 336 valence electrons. The molecular weight excluding hydrogens is 733 g/mol. The van der Waals surface area contributed by atoms with Gasteiger partial charge < -0.3 is 19.7 Å². The smallest absolute Gasteiger partial charge is 0.313 e. The van der Waals surface area contributed by atoms with E-state index in [1.807, 2.05) is 38.1 Å². The first kappa shape index (κ1) is 52.1. The van der Waals surface area contributed by atoms with Crippen molar-refractivity contribution in [2.75, 3.05) is 13.2 Å². The summed E-state index contributed by atoms with van der Waals surface area (Å²) in [6.07, 6.45) is 37.4. The fourth-order valence-corrected chi connectivity index (χ4v) is 8.12. The maximum atomic E-state index is 13.6. The second-order valence-electron chi connectivity index (χ2n) is 18.4. The molecule has 0 fully saturated rings. The van der Waals surface area contributed by atoms with Crippen molar-refractivity contribution in [2.24, 2.45) is 5.41 Å². The first-order valence-corrected chi connectivity index (χ1v) is 24.6. The van der Waals surface area contributed by atoms with E-state index in [0.29, 0.717) is 12.8 Å². The van der Waals surface area contributed by atoms with E-state index in [1.165, 1.54) is 154 Å². The van der Waals surface area contributed by atoms with Gasteiger partial charge in [-0.15, -0.1) is 0 Å². The Balaban J connectivity index is 1.76. The third kappa shape index (κ3) is 26.0. The Labute approximate surface area is 362 Å². The van der Waals surface area contributed by atoms with Crippen LogP contribution in [-0.4, -0.2) is 35.4 Å². The van der Waals surface area contributed by atoms with Crippen LogP contribution in [0.2, 0.25) is 0 Å². The summed E-state index contributed by atoms with van der Waals surface area (Å²) in [7, 11) is 0. The number of aromatic hydroxyl groups is 2. The minimum absolute atomic E-state index is 0.134. The van der Waals surface area contributed by atoms with Gasteiger partial charge >= 0.3 is 11.9 Å². The van der Waals surface area contributed by atoms with Gasteiger partial charge in [-0.3, -0.25) is 9.59 Å². The molecule has 0 amide bonds. The summed E-state index contributed by atoms with van der Waals surface area (Å²) < 4.78 is 11.9. The topological polar surface area (TPSA) is 93.1 Å². The van der Waals surface area contributed by atoms with Crippen LogP contribution in [0.1, 0.15) is 243 Å². The average Bonchev–Trinajstić information content (AvgIpc) is 3.23. The van der Waals surface area contributed by atoms with E-state index >= 15 is 0 Å². The first-order chi connectivity index (χ1) is 28.7. The highest BCUT2D eigenvalue weighted by Crippen LogP contribution is 2.30. The van der Waals surface area contributed by atoms with Crippen molar-refractivity contribution < 1.29 is 29.3 Å². The van der Waals surface area contributed by atoms with Crippen molar-refractivity contribution in [3.8, 4) is 11.5 Å². The summed E-state index contributed by atoms with van der Waals surface area (Å²) in [5, 5.41) is 19.8. The SMILES string of the molecule is CCCCCCCCCCCCCCCCC(C(=O)OCC(C)(C)COC(=O)C(CCCCCCCCCCCCCCCC)c1ccc(O)cc1)c1ccc(O)cc1. The lowest BCUT2D eigenvalue weighted by Gasteiger charge is -2.26. The highest BCUT2D eigenvalue weighted by molar-refractivity contribution is 5.79. The lowest BCUT2D eigenvalue weighted by molar-refractivity contribution is -0.154. The molecule has 0 aliphatic carbocycles. The predicted molar refractivity (Wildman–Crippen MR) is 247 cm³/mol. The van der Waals surface area contributed by atoms with E-state index in [2.05, 4.69) is 13.8 Å². The van der Waals surface area contributed by atoms with Gasteiger partial charge in [0.2, 0.25) is 0 Å². The maximum Gasteiger partial charge on any atom is 0.313 e. The van der Waals surface area contributed by atoms with Gasteiger partial charge in [0.05, 0.1) is 25.0 Å². The number of benzene rings is 2. The summed E-state index contributed by atoms with van der Waals surface area (Å²) in [6, 6.07) is 13.8. The summed E-state index contributed by atoms with van der Waals surface area (Å²) >= 11 is 0. The zero-order chi connectivity index (χ0) is 42.8. The van der Waals surface area contributed by atoms with E-state index < -0.39 is 17.3 Å². The quantitative estimate of drug-likeness (QED) is 0.0518. The summed E-state index contributed by atoms with van der Waals surface area (Å²) in [6.45, 7) is 8.72. The Morgan fingerprint density at radius 2 is 0.661 bits per heavy atom. The van der Waals surface area contributed by atoms with Crippen molar-refractivity contribution in [3.05, 3.63) is 59.7 Å². The highest BCUT2D eigenvalue weighted by atomic mass is 16.5. The molecule has 6 heteroatoms. The first-order valence-electron chi connectivity index (χ1n) is 24.6. The van der Waals surface area contributed by atoms with Crippen LogP contribution in [0.4, 0.5) is 0 Å². The fourth-order valence-electron chi connectivity index (χ4n) is 8.12. The number of carbonyl (C=O) groups excluding carboxylic acids is 2. The monoisotopic (exact) mass is 821 g/mol. The number of carbonyl (C=O) groups is 2. The zero-order valence-corrected chi connectivity index (χ0v) is 38.4. The second-order valence-corrected chi connectivity index (χ2v) is 18.4. The van der Waals surface area contributed by atoms with Crippen LogP contribution in [0, 0.1) is 5.41 Å². The Hall–Kier alpha value is -3.02. The molecular formula is C53H88O6. The molecule has 0 saturated carbocycles. The molecule has 59 heavy (non-hydrogen) atoms. The molecule has 2 aromatic rings. The number of hydrogen-bond donors (Lipinski definition) is 2. The van der Waals surface area contributed by atoms with Gasteiger partial charge in [0.1, 0.15) is 11.5 Å². The molecule has 0 radical (unpaired) electrons. The standard InChI is InChI=1S/C53H88O6/c1-5-7-9-11-13-15-17-19-21-23-25-27-29-31-33-49(45-35-39-47(54)40-36-45)51(56)58-43-53(3,4)44-59-52(57)50(46-37-41-48(55)42-38-46)34-32-30-28-26-24-22-20-18-16-14-12-10-8-6-2/h35-42,49-50,54-55H,5-34,43-44H2,1-4H3.